The van der Waals surface area contributed by atoms with Crippen molar-refractivity contribution >= 4 is 41.5 Å². The Labute approximate surface area is 455 Å². The summed E-state index contributed by atoms with van der Waals surface area (Å²) in [5.74, 6) is -2.47. The summed E-state index contributed by atoms with van der Waals surface area (Å²) in [6.45, 7) is 18.2. The van der Waals surface area contributed by atoms with Crippen LogP contribution in [0.25, 0.3) is 0 Å². The predicted octanol–water partition coefficient (Wildman–Crippen LogP) is 6.38. The molecule has 0 bridgehead atoms. The van der Waals surface area contributed by atoms with Gasteiger partial charge < -0.3 is 45.9 Å². The molecule has 2 heterocycles. The number of rotatable bonds is 16. The Morgan fingerprint density at radius 3 is 2.01 bits per heavy atom. The van der Waals surface area contributed by atoms with E-state index in [-0.39, 0.29) is 68.8 Å². The molecule has 5 N–H and O–H groups in total. The second-order valence-corrected chi connectivity index (χ2v) is 25.1. The maximum Gasteiger partial charge on any atom is 0.410 e. The molecule has 2 unspecified atom stereocenters. The van der Waals surface area contributed by atoms with Gasteiger partial charge in [0.1, 0.15) is 29.8 Å². The van der Waals surface area contributed by atoms with Crippen LogP contribution < -0.4 is 21.7 Å². The summed E-state index contributed by atoms with van der Waals surface area (Å²) >= 11 is 0. The number of hydrogen-bond acceptors (Lipinski definition) is 10. The summed E-state index contributed by atoms with van der Waals surface area (Å²) < 4.78 is 11.4. The van der Waals surface area contributed by atoms with Crippen LogP contribution in [0, 0.1) is 16.2 Å². The minimum Gasteiger partial charge on any atom is -0.444 e. The van der Waals surface area contributed by atoms with Crippen LogP contribution in [0.3, 0.4) is 0 Å². The highest BCUT2D eigenvalue weighted by Crippen LogP contribution is 2.48. The largest absolute Gasteiger partial charge is 0.444 e. The Morgan fingerprint density at radius 1 is 0.779 bits per heavy atom. The second-order valence-electron chi connectivity index (χ2n) is 25.1. The van der Waals surface area contributed by atoms with Crippen LogP contribution in [0.5, 0.6) is 0 Å². The molecule has 3 aromatic rings. The molecule has 4 aliphatic rings. The number of ether oxygens (including phenoxy) is 2. The van der Waals surface area contributed by atoms with E-state index in [1.807, 2.05) is 114 Å². The lowest BCUT2D eigenvalue weighted by atomic mass is 9.84. The average molecular weight is 1060 g/mol. The lowest BCUT2D eigenvalue weighted by Gasteiger charge is -2.43. The summed E-state index contributed by atoms with van der Waals surface area (Å²) in [7, 11) is 3.03. The van der Waals surface area contributed by atoms with Crippen molar-refractivity contribution < 1.29 is 43.0 Å². The molecule has 2 aliphatic carbocycles. The molecule has 8 atom stereocenters. The first-order valence-corrected chi connectivity index (χ1v) is 27.4. The van der Waals surface area contributed by atoms with Crippen molar-refractivity contribution in [2.75, 3.05) is 33.9 Å². The Hall–Kier alpha value is -6.33. The van der Waals surface area contributed by atoms with Gasteiger partial charge in [-0.15, -0.1) is 0 Å². The van der Waals surface area contributed by atoms with Gasteiger partial charge in [-0.25, -0.2) is 4.79 Å². The molecular formula is C60H84N8O9. The van der Waals surface area contributed by atoms with Gasteiger partial charge in [0.15, 0.2) is 0 Å². The van der Waals surface area contributed by atoms with E-state index in [1.165, 1.54) is 16.8 Å². The molecule has 77 heavy (non-hydrogen) atoms. The van der Waals surface area contributed by atoms with Gasteiger partial charge >= 0.3 is 6.09 Å². The van der Waals surface area contributed by atoms with E-state index in [9.17, 15) is 19.2 Å². The molecule has 17 heteroatoms. The number of benzene rings is 3. The van der Waals surface area contributed by atoms with Gasteiger partial charge in [-0.05, 0) is 105 Å². The molecule has 0 radical (unpaired) electrons. The SMILES string of the molecule is COC[C@@H](c1ccccc1)N(CC1(C(=O)NC2C[C@@H](C(=O)NC3CCCc4ccccc43)N(C(=O)[C@@H](NC(=O)[C@H](C)N(C)C(=O)OC(C)(C)C)C(C)(C)C)C2)CC1)C(=O)[C@@H]1Cc2ccccc2CN1C(=O)[C@@H](N)C(C)(C)C. The first-order chi connectivity index (χ1) is 36.1. The quantitative estimate of drug-likeness (QED) is 0.124. The number of fused-ring (bicyclic) bond motifs is 2. The predicted molar refractivity (Wildman–Crippen MR) is 294 cm³/mol. The van der Waals surface area contributed by atoms with E-state index < -0.39 is 82.0 Å². The van der Waals surface area contributed by atoms with Gasteiger partial charge in [-0.1, -0.05) is 120 Å². The maximum atomic E-state index is 15.7. The molecule has 7 rings (SSSR count). The molecule has 3 aromatic carbocycles. The Bertz CT molecular complexity index is 2650. The third-order valence-electron chi connectivity index (χ3n) is 15.9. The van der Waals surface area contributed by atoms with Crippen LogP contribution in [0.4, 0.5) is 4.79 Å². The van der Waals surface area contributed by atoms with Crippen LogP contribution in [-0.2, 0) is 57.6 Å². The third kappa shape index (κ3) is 13.5. The first kappa shape index (κ1) is 58.4. The van der Waals surface area contributed by atoms with Gasteiger partial charge in [0.05, 0.1) is 30.1 Å². The normalized spacial score (nSPS) is 21.5. The molecule has 17 nitrogen and oxygen atoms in total. The van der Waals surface area contributed by atoms with Crippen molar-refractivity contribution in [2.45, 2.75) is 175 Å². The number of aryl methyl sites for hydroxylation is 1. The van der Waals surface area contributed by atoms with Gasteiger partial charge in [0.2, 0.25) is 35.4 Å². The van der Waals surface area contributed by atoms with E-state index in [0.29, 0.717) is 19.3 Å². The fourth-order valence-electron chi connectivity index (χ4n) is 10.9. The number of likely N-dealkylation sites (N-methyl/N-ethyl adjacent to an activating group) is 1. The highest BCUT2D eigenvalue weighted by molar-refractivity contribution is 5.96. The average Bonchev–Trinajstić information content (AvgIpc) is 4.07. The molecule has 0 aromatic heterocycles. The minimum absolute atomic E-state index is 0.000510. The zero-order chi connectivity index (χ0) is 56.4. The standard InChI is InChI=1S/C60H84N8O9/c1-37(65(11)56(75)77-59(8,9)10)50(69)64-49(58(5,6)7)54(73)67-34-42(32-45(67)51(70)63-44-28-20-26-38-21-18-19-27-43(38)44)62-55(74)60(29-30-60)36-68(47(35-76-12)39-22-14-13-15-23-39)52(71)46-31-40-24-16-17-25-41(40)33-66(46)53(72)48(61)57(2,3)4/h13-19,21-25,27,37,42,44-49H,20,26,28-36,61H2,1-12H3,(H,62,74)(H,63,70)(H,64,69)/t37-,42?,44?,45-,46-,47-,48+,49+/m0/s1. The first-order valence-electron chi connectivity index (χ1n) is 27.4. The second kappa shape index (κ2) is 23.3. The molecule has 7 amide bonds. The van der Waals surface area contributed by atoms with E-state index in [0.717, 1.165) is 40.7 Å². The van der Waals surface area contributed by atoms with Crippen molar-refractivity contribution in [3.63, 3.8) is 0 Å². The number of methoxy groups -OCH3 is 1. The lowest BCUT2D eigenvalue weighted by molar-refractivity contribution is -0.152. The molecule has 2 fully saturated rings. The minimum atomic E-state index is -1.15. The summed E-state index contributed by atoms with van der Waals surface area (Å²) in [6.07, 6.45) is 3.00. The molecule has 1 saturated carbocycles. The van der Waals surface area contributed by atoms with Crippen molar-refractivity contribution in [2.24, 2.45) is 22.0 Å². The lowest BCUT2D eigenvalue weighted by Crippen LogP contribution is -2.60. The van der Waals surface area contributed by atoms with E-state index in [1.54, 1.807) is 44.6 Å². The highest BCUT2D eigenvalue weighted by Gasteiger charge is 2.55. The maximum absolute atomic E-state index is 15.7. The van der Waals surface area contributed by atoms with E-state index in [2.05, 4.69) is 22.0 Å². The van der Waals surface area contributed by atoms with Gasteiger partial charge in [-0.2, -0.15) is 0 Å². The van der Waals surface area contributed by atoms with E-state index in [4.69, 9.17) is 15.2 Å². The number of nitrogens with two attached hydrogens (primary N) is 1. The zero-order valence-corrected chi connectivity index (χ0v) is 47.4. The number of likely N-dealkylation sites (tertiary alicyclic amines) is 1. The number of nitrogens with one attached hydrogen (secondary N) is 3. The van der Waals surface area contributed by atoms with Crippen molar-refractivity contribution in [1.29, 1.82) is 0 Å². The van der Waals surface area contributed by atoms with Crippen LogP contribution in [0.2, 0.25) is 0 Å². The van der Waals surface area contributed by atoms with Crippen LogP contribution >= 0.6 is 0 Å². The van der Waals surface area contributed by atoms with Gasteiger partial charge in [0, 0.05) is 46.3 Å². The topological polar surface area (TPSA) is 213 Å². The molecule has 418 valence electrons. The Morgan fingerprint density at radius 2 is 1.40 bits per heavy atom. The van der Waals surface area contributed by atoms with Crippen molar-refractivity contribution in [3.05, 3.63) is 107 Å². The number of nitrogens with zero attached hydrogens (tertiary/aromatic N) is 4. The van der Waals surface area contributed by atoms with Crippen LogP contribution in [0.15, 0.2) is 78.9 Å². The van der Waals surface area contributed by atoms with Crippen LogP contribution in [0.1, 0.15) is 141 Å². The highest BCUT2D eigenvalue weighted by atomic mass is 16.6. The van der Waals surface area contributed by atoms with Crippen LogP contribution in [-0.4, -0.2) is 137 Å². The van der Waals surface area contributed by atoms with Crippen molar-refractivity contribution in [3.8, 4) is 0 Å². The molecular weight excluding hydrogens is 977 g/mol. The zero-order valence-electron chi connectivity index (χ0n) is 47.4. The fourth-order valence-corrected chi connectivity index (χ4v) is 10.9. The Balaban J connectivity index is 1.19. The number of hydrogen-bond donors (Lipinski definition) is 4. The summed E-state index contributed by atoms with van der Waals surface area (Å²) in [4.78, 5) is 108. The van der Waals surface area contributed by atoms with Gasteiger partial charge in [0.25, 0.3) is 0 Å². The Kier molecular flexibility index (Phi) is 17.7. The smallest absolute Gasteiger partial charge is 0.410 e. The molecule has 1 saturated heterocycles. The number of amides is 7. The summed E-state index contributed by atoms with van der Waals surface area (Å²) in [6, 6.07) is 18.7. The fraction of sp³-hybridized carbons (Fsp3) is 0.583. The number of carbonyl (C=O) groups is 7. The summed E-state index contributed by atoms with van der Waals surface area (Å²) in [5, 5.41) is 9.43. The third-order valence-corrected chi connectivity index (χ3v) is 15.9. The number of carbonyl (C=O) groups excluding carboxylic acids is 7. The summed E-state index contributed by atoms with van der Waals surface area (Å²) in [5.41, 5.74) is 8.19. The van der Waals surface area contributed by atoms with Gasteiger partial charge in [-0.3, -0.25) is 33.7 Å². The van der Waals surface area contributed by atoms with Crippen molar-refractivity contribution in [1.82, 2.24) is 35.6 Å². The van der Waals surface area contributed by atoms with E-state index >= 15 is 14.4 Å². The molecule has 0 spiro atoms. The monoisotopic (exact) mass is 1060 g/mol. The molecule has 2 aliphatic heterocycles.